The van der Waals surface area contributed by atoms with Gasteiger partial charge in [0, 0.05) is 42.6 Å². The predicted octanol–water partition coefficient (Wildman–Crippen LogP) is 14.2. The van der Waals surface area contributed by atoms with Crippen molar-refractivity contribution in [2.24, 2.45) is 0 Å². The first-order chi connectivity index (χ1) is 24.8. The summed E-state index contributed by atoms with van der Waals surface area (Å²) in [6.07, 6.45) is 0. The van der Waals surface area contributed by atoms with Crippen LogP contribution in [0.1, 0.15) is 0 Å². The Labute approximate surface area is 297 Å². The summed E-state index contributed by atoms with van der Waals surface area (Å²) in [7, 11) is 0. The van der Waals surface area contributed by atoms with Gasteiger partial charge in [0.2, 0.25) is 0 Å². The molecule has 236 valence electrons. The molecule has 0 unspecified atom stereocenters. The van der Waals surface area contributed by atoms with E-state index in [9.17, 15) is 0 Å². The first-order valence-electron chi connectivity index (χ1n) is 17.0. The zero-order chi connectivity index (χ0) is 33.3. The number of hydrogen-bond acceptors (Lipinski definition) is 2. The fourth-order valence-corrected chi connectivity index (χ4v) is 8.51. The van der Waals surface area contributed by atoms with E-state index in [1.54, 1.807) is 0 Å². The van der Waals surface area contributed by atoms with Crippen molar-refractivity contribution in [1.29, 1.82) is 0 Å². The van der Waals surface area contributed by atoms with Crippen LogP contribution < -0.4 is 4.90 Å². The Kier molecular flexibility index (Phi) is 7.77. The van der Waals surface area contributed by atoms with Crippen molar-refractivity contribution in [2.45, 2.75) is 0 Å². The van der Waals surface area contributed by atoms with Crippen LogP contribution in [0.3, 0.4) is 0 Å². The summed E-state index contributed by atoms with van der Waals surface area (Å²) in [6.45, 7) is 0. The van der Waals surface area contributed by atoms with Crippen molar-refractivity contribution in [3.8, 4) is 44.5 Å². The van der Waals surface area contributed by atoms with Crippen LogP contribution in [0.5, 0.6) is 0 Å². The van der Waals surface area contributed by atoms with E-state index < -0.39 is 0 Å². The average Bonchev–Trinajstić information content (AvgIpc) is 3.58. The number of fused-ring (bicyclic) bond motifs is 3. The van der Waals surface area contributed by atoms with Crippen molar-refractivity contribution in [3.63, 3.8) is 0 Å². The lowest BCUT2D eigenvalue weighted by molar-refractivity contribution is 1.28. The van der Waals surface area contributed by atoms with Crippen LogP contribution in [-0.4, -0.2) is 0 Å². The highest BCUT2D eigenvalue weighted by Gasteiger charge is 2.23. The van der Waals surface area contributed by atoms with Crippen LogP contribution >= 0.6 is 11.3 Å². The molecular weight excluding hydrogens is 623 g/mol. The molecule has 0 saturated carbocycles. The minimum atomic E-state index is 1.11. The molecule has 0 spiro atoms. The average molecular weight is 656 g/mol. The minimum absolute atomic E-state index is 1.11. The molecule has 0 atom stereocenters. The van der Waals surface area contributed by atoms with Crippen molar-refractivity contribution >= 4 is 48.6 Å². The van der Waals surface area contributed by atoms with E-state index in [4.69, 9.17) is 0 Å². The van der Waals surface area contributed by atoms with Crippen molar-refractivity contribution in [1.82, 2.24) is 0 Å². The third-order valence-corrected chi connectivity index (χ3v) is 10.7. The lowest BCUT2D eigenvalue weighted by Gasteiger charge is -2.30. The summed E-state index contributed by atoms with van der Waals surface area (Å²) < 4.78 is 2.62. The molecule has 1 aromatic heterocycles. The number of benzene rings is 8. The molecule has 0 N–H and O–H groups in total. The summed E-state index contributed by atoms with van der Waals surface area (Å²) >= 11 is 1.88. The van der Waals surface area contributed by atoms with E-state index in [2.05, 4.69) is 205 Å². The van der Waals surface area contributed by atoms with E-state index in [1.807, 2.05) is 11.3 Å². The minimum Gasteiger partial charge on any atom is -0.309 e. The fraction of sp³-hybridized carbons (Fsp3) is 0. The van der Waals surface area contributed by atoms with Crippen LogP contribution in [0.2, 0.25) is 0 Å². The SMILES string of the molecule is c1ccc(-c2ccccc2-c2ccccc2-c2ccccc2N(c2ccccc2)c2ccccc2-c2cccc3c2sc2ccccc23)cc1. The van der Waals surface area contributed by atoms with E-state index in [0.717, 1.165) is 17.1 Å². The van der Waals surface area contributed by atoms with Gasteiger partial charge in [0.25, 0.3) is 0 Å². The fourth-order valence-electron chi connectivity index (χ4n) is 7.28. The summed E-state index contributed by atoms with van der Waals surface area (Å²) in [6, 6.07) is 72.3. The van der Waals surface area contributed by atoms with Gasteiger partial charge in [-0.15, -0.1) is 11.3 Å². The Balaban J connectivity index is 1.27. The van der Waals surface area contributed by atoms with Crippen LogP contribution in [0.15, 0.2) is 200 Å². The molecule has 0 amide bonds. The molecule has 0 radical (unpaired) electrons. The van der Waals surface area contributed by atoms with Gasteiger partial charge < -0.3 is 4.90 Å². The normalized spacial score (nSPS) is 11.2. The van der Waals surface area contributed by atoms with Crippen molar-refractivity contribution in [2.75, 3.05) is 4.90 Å². The molecule has 0 fully saturated rings. The predicted molar refractivity (Wildman–Crippen MR) is 216 cm³/mol. The number of nitrogens with zero attached hydrogens (tertiary/aromatic N) is 1. The Bertz CT molecular complexity index is 2600. The van der Waals surface area contributed by atoms with Crippen LogP contribution in [0, 0.1) is 0 Å². The summed E-state index contributed by atoms with van der Waals surface area (Å²) in [5.74, 6) is 0. The maximum atomic E-state index is 2.44. The highest BCUT2D eigenvalue weighted by molar-refractivity contribution is 7.26. The number of para-hydroxylation sites is 3. The first kappa shape index (κ1) is 29.9. The van der Waals surface area contributed by atoms with Crippen molar-refractivity contribution < 1.29 is 0 Å². The highest BCUT2D eigenvalue weighted by atomic mass is 32.1. The third-order valence-electron chi connectivity index (χ3n) is 9.52. The second-order valence-electron chi connectivity index (χ2n) is 12.4. The van der Waals surface area contributed by atoms with E-state index >= 15 is 0 Å². The molecule has 0 aliphatic rings. The number of thiophene rings is 1. The quantitative estimate of drug-likeness (QED) is 0.165. The third kappa shape index (κ3) is 5.27. The lowest BCUT2D eigenvalue weighted by Crippen LogP contribution is -2.12. The maximum absolute atomic E-state index is 2.44. The van der Waals surface area contributed by atoms with Crippen LogP contribution in [0.4, 0.5) is 17.1 Å². The maximum Gasteiger partial charge on any atom is 0.0540 e. The summed E-state index contributed by atoms with van der Waals surface area (Å²) in [5.41, 5.74) is 13.0. The zero-order valence-corrected chi connectivity index (χ0v) is 28.2. The van der Waals surface area contributed by atoms with E-state index in [1.165, 1.54) is 64.7 Å². The second-order valence-corrected chi connectivity index (χ2v) is 13.5. The number of rotatable bonds is 7. The molecule has 0 aliphatic carbocycles. The van der Waals surface area contributed by atoms with Gasteiger partial charge in [-0.25, -0.2) is 0 Å². The van der Waals surface area contributed by atoms with Gasteiger partial charge in [0.15, 0.2) is 0 Å². The molecule has 0 aliphatic heterocycles. The Morgan fingerprint density at radius 2 is 0.740 bits per heavy atom. The van der Waals surface area contributed by atoms with E-state index in [-0.39, 0.29) is 0 Å². The van der Waals surface area contributed by atoms with Crippen LogP contribution in [-0.2, 0) is 0 Å². The molecule has 1 heterocycles. The van der Waals surface area contributed by atoms with Gasteiger partial charge in [-0.05, 0) is 58.1 Å². The van der Waals surface area contributed by atoms with Crippen molar-refractivity contribution in [3.05, 3.63) is 200 Å². The van der Waals surface area contributed by atoms with Gasteiger partial charge in [0.05, 0.1) is 11.4 Å². The van der Waals surface area contributed by atoms with Crippen LogP contribution in [0.25, 0.3) is 64.7 Å². The number of hydrogen-bond donors (Lipinski definition) is 0. The molecule has 0 bridgehead atoms. The van der Waals surface area contributed by atoms with Gasteiger partial charge in [-0.3, -0.25) is 0 Å². The molecule has 0 saturated heterocycles. The Hall–Kier alpha value is -6.22. The van der Waals surface area contributed by atoms with Gasteiger partial charge in [-0.1, -0.05) is 170 Å². The first-order valence-corrected chi connectivity index (χ1v) is 17.8. The molecular formula is C48H33NS. The Morgan fingerprint density at radius 3 is 1.42 bits per heavy atom. The van der Waals surface area contributed by atoms with Gasteiger partial charge >= 0.3 is 0 Å². The van der Waals surface area contributed by atoms with Gasteiger partial charge in [-0.2, -0.15) is 0 Å². The highest BCUT2D eigenvalue weighted by Crippen LogP contribution is 2.49. The zero-order valence-electron chi connectivity index (χ0n) is 27.4. The Morgan fingerprint density at radius 1 is 0.300 bits per heavy atom. The topological polar surface area (TPSA) is 3.24 Å². The molecule has 50 heavy (non-hydrogen) atoms. The van der Waals surface area contributed by atoms with E-state index in [0.29, 0.717) is 0 Å². The lowest BCUT2D eigenvalue weighted by atomic mass is 9.88. The summed E-state index contributed by atoms with van der Waals surface area (Å²) in [5, 5.41) is 2.61. The number of anilines is 3. The standard InChI is InChI=1S/C48H33NS/c1-3-18-34(19-4-1)36-22-7-8-23-37(36)38-24-9-10-25-39(38)40-26-11-14-31-45(40)49(35-20-5-2-6-21-35)46-32-15-12-27-41(46)43-29-17-30-44-42-28-13-16-33-47(42)50-48(43)44/h1-33H. The molecule has 8 aromatic carbocycles. The summed E-state index contributed by atoms with van der Waals surface area (Å²) in [4.78, 5) is 2.44. The molecule has 2 heteroatoms. The second kappa shape index (κ2) is 13.0. The molecule has 1 nitrogen and oxygen atoms in total. The largest absolute Gasteiger partial charge is 0.309 e. The molecule has 9 aromatic rings. The monoisotopic (exact) mass is 655 g/mol. The van der Waals surface area contributed by atoms with Gasteiger partial charge in [0.1, 0.15) is 0 Å². The smallest absolute Gasteiger partial charge is 0.0540 e. The molecule has 9 rings (SSSR count).